The lowest BCUT2D eigenvalue weighted by molar-refractivity contribution is -0.140. The molecule has 16 heavy (non-hydrogen) atoms. The fraction of sp³-hybridized carbons (Fsp3) is 0.818. The second-order valence-corrected chi connectivity index (χ2v) is 4.60. The zero-order chi connectivity index (χ0) is 12.6. The van der Waals surface area contributed by atoms with Crippen LogP contribution in [0.1, 0.15) is 33.6 Å². The van der Waals surface area contributed by atoms with Crippen LogP contribution >= 0.6 is 0 Å². The first kappa shape index (κ1) is 14.9. The molecule has 0 atom stereocenters. The number of rotatable bonds is 6. The van der Waals surface area contributed by atoms with Crippen molar-refractivity contribution in [3.8, 4) is 0 Å². The summed E-state index contributed by atoms with van der Waals surface area (Å²) < 4.78 is 4.46. The molecule has 5 heteroatoms. The van der Waals surface area contributed by atoms with Crippen LogP contribution in [0.3, 0.4) is 0 Å². The first-order chi connectivity index (χ1) is 7.35. The van der Waals surface area contributed by atoms with E-state index in [9.17, 15) is 9.59 Å². The summed E-state index contributed by atoms with van der Waals surface area (Å²) in [4.78, 5) is 22.0. The molecule has 0 aromatic heterocycles. The second kappa shape index (κ2) is 7.22. The van der Waals surface area contributed by atoms with Crippen molar-refractivity contribution in [2.75, 3.05) is 20.2 Å². The van der Waals surface area contributed by atoms with E-state index in [-0.39, 0.29) is 23.8 Å². The lowest BCUT2D eigenvalue weighted by Crippen LogP contribution is -2.38. The second-order valence-electron chi connectivity index (χ2n) is 4.60. The number of carbonyl (C=O) groups excluding carboxylic acids is 2. The van der Waals surface area contributed by atoms with Crippen molar-refractivity contribution in [2.45, 2.75) is 39.2 Å². The zero-order valence-electron chi connectivity index (χ0n) is 10.6. The SMILES string of the molecule is COC(=O)CCNC(=O)CCNC(C)(C)C. The van der Waals surface area contributed by atoms with Crippen LogP contribution in [-0.4, -0.2) is 37.6 Å². The third-order valence-corrected chi connectivity index (χ3v) is 1.89. The Kier molecular flexibility index (Phi) is 6.72. The van der Waals surface area contributed by atoms with Crippen LogP contribution in [0.4, 0.5) is 0 Å². The van der Waals surface area contributed by atoms with Crippen LogP contribution in [-0.2, 0) is 14.3 Å². The minimum Gasteiger partial charge on any atom is -0.469 e. The summed E-state index contributed by atoms with van der Waals surface area (Å²) in [6.45, 7) is 7.10. The van der Waals surface area contributed by atoms with Crippen molar-refractivity contribution in [3.63, 3.8) is 0 Å². The Morgan fingerprint density at radius 1 is 1.12 bits per heavy atom. The lowest BCUT2D eigenvalue weighted by Gasteiger charge is -2.20. The Morgan fingerprint density at radius 2 is 1.75 bits per heavy atom. The molecule has 0 unspecified atom stereocenters. The molecular formula is C11H22N2O3. The first-order valence-electron chi connectivity index (χ1n) is 5.43. The highest BCUT2D eigenvalue weighted by molar-refractivity contribution is 5.77. The van der Waals surface area contributed by atoms with E-state index in [1.807, 2.05) is 20.8 Å². The van der Waals surface area contributed by atoms with Crippen LogP contribution in [0.5, 0.6) is 0 Å². The highest BCUT2D eigenvalue weighted by atomic mass is 16.5. The van der Waals surface area contributed by atoms with Gasteiger partial charge in [-0.15, -0.1) is 0 Å². The average molecular weight is 230 g/mol. The van der Waals surface area contributed by atoms with Crippen molar-refractivity contribution in [1.29, 1.82) is 0 Å². The number of nitrogens with one attached hydrogen (secondary N) is 2. The van der Waals surface area contributed by atoms with Crippen LogP contribution in [0.2, 0.25) is 0 Å². The van der Waals surface area contributed by atoms with E-state index in [1.165, 1.54) is 7.11 Å². The number of carbonyl (C=O) groups is 2. The number of esters is 1. The number of methoxy groups -OCH3 is 1. The van der Waals surface area contributed by atoms with Gasteiger partial charge in [-0.1, -0.05) is 0 Å². The molecule has 0 aliphatic rings. The number of hydrogen-bond donors (Lipinski definition) is 2. The highest BCUT2D eigenvalue weighted by Crippen LogP contribution is 1.97. The summed E-state index contributed by atoms with van der Waals surface area (Å²) in [5.74, 6) is -0.367. The van der Waals surface area contributed by atoms with Gasteiger partial charge < -0.3 is 15.4 Å². The van der Waals surface area contributed by atoms with Crippen LogP contribution in [0.15, 0.2) is 0 Å². The largest absolute Gasteiger partial charge is 0.469 e. The van der Waals surface area contributed by atoms with Gasteiger partial charge >= 0.3 is 5.97 Å². The summed E-state index contributed by atoms with van der Waals surface area (Å²) in [6.07, 6.45) is 0.632. The maximum Gasteiger partial charge on any atom is 0.307 e. The van der Waals surface area contributed by atoms with Crippen molar-refractivity contribution < 1.29 is 14.3 Å². The van der Waals surface area contributed by atoms with E-state index in [1.54, 1.807) is 0 Å². The average Bonchev–Trinajstić information content (AvgIpc) is 2.15. The monoisotopic (exact) mass is 230 g/mol. The predicted octanol–water partition coefficient (Wildman–Crippen LogP) is 0.444. The Hall–Kier alpha value is -1.10. The van der Waals surface area contributed by atoms with Gasteiger partial charge in [0.05, 0.1) is 13.5 Å². The van der Waals surface area contributed by atoms with E-state index < -0.39 is 0 Å². The molecule has 0 aromatic rings. The van der Waals surface area contributed by atoms with Gasteiger partial charge in [0.2, 0.25) is 5.91 Å². The van der Waals surface area contributed by atoms with Crippen molar-refractivity contribution in [3.05, 3.63) is 0 Å². The van der Waals surface area contributed by atoms with Gasteiger partial charge in [0.15, 0.2) is 0 Å². The summed E-state index contributed by atoms with van der Waals surface area (Å²) >= 11 is 0. The highest BCUT2D eigenvalue weighted by Gasteiger charge is 2.09. The lowest BCUT2D eigenvalue weighted by atomic mass is 10.1. The van der Waals surface area contributed by atoms with Gasteiger partial charge in [0, 0.05) is 25.0 Å². The molecule has 2 N–H and O–H groups in total. The van der Waals surface area contributed by atoms with Crippen molar-refractivity contribution in [2.24, 2.45) is 0 Å². The van der Waals surface area contributed by atoms with Gasteiger partial charge in [-0.2, -0.15) is 0 Å². The molecule has 0 bridgehead atoms. The van der Waals surface area contributed by atoms with Crippen LogP contribution < -0.4 is 10.6 Å². The molecule has 0 aliphatic carbocycles. The molecule has 5 nitrogen and oxygen atoms in total. The Labute approximate surface area is 96.9 Å². The minimum atomic E-state index is -0.312. The maximum absolute atomic E-state index is 11.3. The third kappa shape index (κ3) is 9.45. The summed E-state index contributed by atoms with van der Waals surface area (Å²) in [6, 6.07) is 0. The van der Waals surface area contributed by atoms with Gasteiger partial charge in [0.25, 0.3) is 0 Å². The summed E-state index contributed by atoms with van der Waals surface area (Å²) in [5, 5.41) is 5.87. The molecule has 0 radical (unpaired) electrons. The van der Waals surface area contributed by atoms with Gasteiger partial charge in [0.1, 0.15) is 0 Å². The van der Waals surface area contributed by atoms with Crippen LogP contribution in [0.25, 0.3) is 0 Å². The minimum absolute atomic E-state index is 0.0201. The number of hydrogen-bond acceptors (Lipinski definition) is 4. The molecule has 0 heterocycles. The predicted molar refractivity (Wildman–Crippen MR) is 62.0 cm³/mol. The van der Waals surface area contributed by atoms with E-state index in [2.05, 4.69) is 15.4 Å². The standard InChI is InChI=1S/C11H22N2O3/c1-11(2,3)13-8-5-9(14)12-7-6-10(15)16-4/h13H,5-8H2,1-4H3,(H,12,14). The van der Waals surface area contributed by atoms with E-state index >= 15 is 0 Å². The molecule has 0 fully saturated rings. The Bertz CT molecular complexity index is 234. The number of amides is 1. The third-order valence-electron chi connectivity index (χ3n) is 1.89. The van der Waals surface area contributed by atoms with E-state index in [0.717, 1.165) is 0 Å². The van der Waals surface area contributed by atoms with Crippen molar-refractivity contribution >= 4 is 11.9 Å². The molecule has 0 saturated heterocycles. The first-order valence-corrected chi connectivity index (χ1v) is 5.43. The molecular weight excluding hydrogens is 208 g/mol. The molecule has 0 aromatic carbocycles. The van der Waals surface area contributed by atoms with Crippen LogP contribution in [0, 0.1) is 0 Å². The fourth-order valence-corrected chi connectivity index (χ4v) is 1.05. The molecule has 0 aliphatic heterocycles. The molecule has 0 saturated carbocycles. The molecule has 94 valence electrons. The summed E-state index contributed by atoms with van der Waals surface area (Å²) in [7, 11) is 1.33. The normalized spacial score (nSPS) is 11.0. The van der Waals surface area contributed by atoms with Gasteiger partial charge in [-0.25, -0.2) is 0 Å². The smallest absolute Gasteiger partial charge is 0.307 e. The van der Waals surface area contributed by atoms with Gasteiger partial charge in [-0.05, 0) is 20.8 Å². The maximum atomic E-state index is 11.3. The molecule has 0 rings (SSSR count). The quantitative estimate of drug-likeness (QED) is 0.650. The van der Waals surface area contributed by atoms with Crippen molar-refractivity contribution in [1.82, 2.24) is 10.6 Å². The Balaban J connectivity index is 3.49. The van der Waals surface area contributed by atoms with Gasteiger partial charge in [-0.3, -0.25) is 9.59 Å². The molecule has 0 spiro atoms. The topological polar surface area (TPSA) is 67.4 Å². The van der Waals surface area contributed by atoms with E-state index in [4.69, 9.17) is 0 Å². The summed E-state index contributed by atoms with van der Waals surface area (Å²) in [5.41, 5.74) is 0.0201. The fourth-order valence-electron chi connectivity index (χ4n) is 1.05. The zero-order valence-corrected chi connectivity index (χ0v) is 10.6. The van der Waals surface area contributed by atoms with E-state index in [0.29, 0.717) is 19.5 Å². The Morgan fingerprint density at radius 3 is 2.25 bits per heavy atom. The molecule has 1 amide bonds. The number of ether oxygens (including phenoxy) is 1.